The van der Waals surface area contributed by atoms with Crippen molar-refractivity contribution in [1.29, 1.82) is 0 Å². The highest BCUT2D eigenvalue weighted by Gasteiger charge is 2.21. The number of hydrogen-bond acceptors (Lipinski definition) is 3. The number of piperidine rings is 1. The summed E-state index contributed by atoms with van der Waals surface area (Å²) in [5.74, 6) is 1.09. The molecule has 2 heterocycles. The minimum Gasteiger partial charge on any atom is -0.355 e. The molecule has 4 heteroatoms. The summed E-state index contributed by atoms with van der Waals surface area (Å²) in [6.07, 6.45) is 5.86. The number of nitrogens with zero attached hydrogens (tertiary/aromatic N) is 1. The Morgan fingerprint density at radius 2 is 2.11 bits per heavy atom. The van der Waals surface area contributed by atoms with Gasteiger partial charge in [0.05, 0.1) is 6.04 Å². The lowest BCUT2D eigenvalue weighted by atomic mass is 9.99. The molecule has 1 amide bonds. The van der Waals surface area contributed by atoms with Crippen molar-refractivity contribution < 1.29 is 4.79 Å². The Bertz CT molecular complexity index is 256. The maximum atomic E-state index is 11.8. The number of carbonyl (C=O) groups is 1. The molecule has 0 spiro atoms. The average Bonchev–Trinajstić information content (AvgIpc) is 2.90. The summed E-state index contributed by atoms with van der Waals surface area (Å²) in [7, 11) is 0. The van der Waals surface area contributed by atoms with Gasteiger partial charge in [0.1, 0.15) is 0 Å². The molecular weight excluding hydrogens is 226 g/mol. The maximum absolute atomic E-state index is 11.8. The zero-order valence-electron chi connectivity index (χ0n) is 11.6. The van der Waals surface area contributed by atoms with Crippen LogP contribution in [0.2, 0.25) is 0 Å². The van der Waals surface area contributed by atoms with E-state index in [1.807, 2.05) is 0 Å². The Hall–Kier alpha value is -0.610. The van der Waals surface area contributed by atoms with Gasteiger partial charge in [-0.05, 0) is 64.2 Å². The molecule has 0 unspecified atom stereocenters. The van der Waals surface area contributed by atoms with E-state index in [1.165, 1.54) is 25.9 Å². The van der Waals surface area contributed by atoms with Gasteiger partial charge >= 0.3 is 0 Å². The second-order valence-electron chi connectivity index (χ2n) is 5.82. The van der Waals surface area contributed by atoms with Gasteiger partial charge in [0.15, 0.2) is 0 Å². The van der Waals surface area contributed by atoms with Gasteiger partial charge in [0.2, 0.25) is 5.91 Å². The van der Waals surface area contributed by atoms with Gasteiger partial charge in [-0.3, -0.25) is 4.79 Å². The largest absolute Gasteiger partial charge is 0.355 e. The Morgan fingerprint density at radius 3 is 2.78 bits per heavy atom. The fourth-order valence-electron chi connectivity index (χ4n) is 2.83. The SMILES string of the molecule is CC1CCN(CCCNC(=O)[C@H]2CCCN2)CC1. The first-order chi connectivity index (χ1) is 8.75. The van der Waals surface area contributed by atoms with Crippen molar-refractivity contribution in [2.45, 2.75) is 45.1 Å². The van der Waals surface area contributed by atoms with Gasteiger partial charge in [-0.15, -0.1) is 0 Å². The number of amides is 1. The molecule has 18 heavy (non-hydrogen) atoms. The zero-order valence-corrected chi connectivity index (χ0v) is 11.6. The molecule has 1 atom stereocenters. The van der Waals surface area contributed by atoms with E-state index < -0.39 is 0 Å². The highest BCUT2D eigenvalue weighted by atomic mass is 16.2. The molecule has 2 rings (SSSR count). The van der Waals surface area contributed by atoms with E-state index in [9.17, 15) is 4.79 Å². The highest BCUT2D eigenvalue weighted by Crippen LogP contribution is 2.15. The first-order valence-electron chi connectivity index (χ1n) is 7.49. The number of rotatable bonds is 5. The molecular formula is C14H27N3O. The van der Waals surface area contributed by atoms with E-state index in [-0.39, 0.29) is 11.9 Å². The second kappa shape index (κ2) is 7.10. The molecule has 0 aromatic carbocycles. The van der Waals surface area contributed by atoms with Gasteiger partial charge in [0, 0.05) is 6.54 Å². The summed E-state index contributed by atoms with van der Waals surface area (Å²) in [6.45, 7) is 7.75. The van der Waals surface area contributed by atoms with Crippen LogP contribution in [0.1, 0.15) is 39.0 Å². The summed E-state index contributed by atoms with van der Waals surface area (Å²) in [5.41, 5.74) is 0. The van der Waals surface area contributed by atoms with Crippen molar-refractivity contribution in [2.75, 3.05) is 32.7 Å². The quantitative estimate of drug-likeness (QED) is 0.718. The molecule has 0 aliphatic carbocycles. The molecule has 2 N–H and O–H groups in total. The van der Waals surface area contributed by atoms with Crippen LogP contribution in [-0.2, 0) is 4.79 Å². The van der Waals surface area contributed by atoms with Crippen LogP contribution in [0.25, 0.3) is 0 Å². The third-order valence-electron chi connectivity index (χ3n) is 4.20. The minimum atomic E-state index is 0.0702. The Morgan fingerprint density at radius 1 is 1.33 bits per heavy atom. The molecule has 2 saturated heterocycles. The lowest BCUT2D eigenvalue weighted by Gasteiger charge is -2.30. The Balaban J connectivity index is 1.51. The molecule has 0 aromatic rings. The first-order valence-corrected chi connectivity index (χ1v) is 7.49. The Labute approximate surface area is 110 Å². The lowest BCUT2D eigenvalue weighted by Crippen LogP contribution is -2.41. The van der Waals surface area contributed by atoms with Gasteiger partial charge in [0.25, 0.3) is 0 Å². The Kier molecular flexibility index (Phi) is 5.45. The van der Waals surface area contributed by atoms with E-state index >= 15 is 0 Å². The molecule has 0 saturated carbocycles. The van der Waals surface area contributed by atoms with Crippen LogP contribution in [0.3, 0.4) is 0 Å². The van der Waals surface area contributed by atoms with Gasteiger partial charge in [-0.25, -0.2) is 0 Å². The topological polar surface area (TPSA) is 44.4 Å². The normalized spacial score (nSPS) is 26.4. The molecule has 0 aromatic heterocycles. The third-order valence-corrected chi connectivity index (χ3v) is 4.20. The standard InChI is InChI=1S/C14H27N3O/c1-12-5-10-17(11-6-12)9-3-8-16-14(18)13-4-2-7-15-13/h12-13,15H,2-11H2,1H3,(H,16,18)/t13-/m1/s1. The molecule has 0 bridgehead atoms. The van der Waals surface area contributed by atoms with Gasteiger partial charge in [-0.2, -0.15) is 0 Å². The van der Waals surface area contributed by atoms with Crippen molar-refractivity contribution in [3.05, 3.63) is 0 Å². The smallest absolute Gasteiger partial charge is 0.237 e. The van der Waals surface area contributed by atoms with Crippen molar-refractivity contribution in [2.24, 2.45) is 5.92 Å². The minimum absolute atomic E-state index is 0.0702. The predicted octanol–water partition coefficient (Wildman–Crippen LogP) is 0.977. The van der Waals surface area contributed by atoms with Gasteiger partial charge in [-0.1, -0.05) is 6.92 Å². The summed E-state index contributed by atoms with van der Waals surface area (Å²) in [6, 6.07) is 0.0702. The molecule has 2 fully saturated rings. The van der Waals surface area contributed by atoms with Crippen LogP contribution in [0.15, 0.2) is 0 Å². The molecule has 2 aliphatic heterocycles. The van der Waals surface area contributed by atoms with E-state index in [1.54, 1.807) is 0 Å². The number of hydrogen-bond donors (Lipinski definition) is 2. The van der Waals surface area contributed by atoms with Crippen LogP contribution in [0.5, 0.6) is 0 Å². The number of nitrogens with one attached hydrogen (secondary N) is 2. The highest BCUT2D eigenvalue weighted by molar-refractivity contribution is 5.81. The van der Waals surface area contributed by atoms with Crippen molar-refractivity contribution in [3.8, 4) is 0 Å². The summed E-state index contributed by atoms with van der Waals surface area (Å²) < 4.78 is 0. The lowest BCUT2D eigenvalue weighted by molar-refractivity contribution is -0.122. The van der Waals surface area contributed by atoms with Crippen LogP contribution in [0.4, 0.5) is 0 Å². The third kappa shape index (κ3) is 4.25. The predicted molar refractivity (Wildman–Crippen MR) is 73.5 cm³/mol. The van der Waals surface area contributed by atoms with Gasteiger partial charge < -0.3 is 15.5 Å². The fourth-order valence-corrected chi connectivity index (χ4v) is 2.83. The fraction of sp³-hybridized carbons (Fsp3) is 0.929. The summed E-state index contributed by atoms with van der Waals surface area (Å²) >= 11 is 0. The maximum Gasteiger partial charge on any atom is 0.237 e. The van der Waals surface area contributed by atoms with Crippen LogP contribution >= 0.6 is 0 Å². The van der Waals surface area contributed by atoms with E-state index in [0.717, 1.165) is 44.8 Å². The summed E-state index contributed by atoms with van der Waals surface area (Å²) in [4.78, 5) is 14.3. The molecule has 104 valence electrons. The number of carbonyl (C=O) groups excluding carboxylic acids is 1. The average molecular weight is 253 g/mol. The van der Waals surface area contributed by atoms with Crippen LogP contribution in [0, 0.1) is 5.92 Å². The van der Waals surface area contributed by atoms with Crippen LogP contribution in [-0.4, -0.2) is 49.6 Å². The monoisotopic (exact) mass is 253 g/mol. The van der Waals surface area contributed by atoms with Crippen LogP contribution < -0.4 is 10.6 Å². The van der Waals surface area contributed by atoms with E-state index in [4.69, 9.17) is 0 Å². The zero-order chi connectivity index (χ0) is 12.8. The molecule has 2 aliphatic rings. The first kappa shape index (κ1) is 13.8. The van der Waals surface area contributed by atoms with Crippen molar-refractivity contribution >= 4 is 5.91 Å². The van der Waals surface area contributed by atoms with E-state index in [0.29, 0.717) is 0 Å². The summed E-state index contributed by atoms with van der Waals surface area (Å²) in [5, 5.41) is 6.27. The molecule has 0 radical (unpaired) electrons. The van der Waals surface area contributed by atoms with E-state index in [2.05, 4.69) is 22.5 Å². The van der Waals surface area contributed by atoms with Crippen molar-refractivity contribution in [1.82, 2.24) is 15.5 Å². The second-order valence-corrected chi connectivity index (χ2v) is 5.82. The van der Waals surface area contributed by atoms with Crippen molar-refractivity contribution in [3.63, 3.8) is 0 Å². The molecule has 4 nitrogen and oxygen atoms in total. The number of likely N-dealkylation sites (tertiary alicyclic amines) is 1.